The minimum absolute atomic E-state index is 0.0869. The molecular formula is C18H30N4O2. The Kier molecular flexibility index (Phi) is 6.43. The monoisotopic (exact) mass is 334 g/mol. The number of urea groups is 1. The molecule has 134 valence electrons. The Hall–Kier alpha value is -1.82. The predicted molar refractivity (Wildman–Crippen MR) is 96.1 cm³/mol. The van der Waals surface area contributed by atoms with Gasteiger partial charge in [-0.3, -0.25) is 4.98 Å². The van der Waals surface area contributed by atoms with Crippen molar-refractivity contribution in [2.45, 2.75) is 39.2 Å². The predicted octanol–water partition coefficient (Wildman–Crippen LogP) is 2.10. The number of aliphatic hydroxyl groups is 1. The lowest BCUT2D eigenvalue weighted by Gasteiger charge is -2.34. The normalized spacial score (nSPS) is 16.1. The second-order valence-electron chi connectivity index (χ2n) is 7.15. The maximum atomic E-state index is 12.3. The molecule has 0 radical (unpaired) electrons. The molecule has 0 aliphatic carbocycles. The van der Waals surface area contributed by atoms with Gasteiger partial charge in [-0.2, -0.15) is 0 Å². The van der Waals surface area contributed by atoms with E-state index in [1.807, 2.05) is 31.5 Å². The highest BCUT2D eigenvalue weighted by atomic mass is 16.3. The number of hydrogen-bond acceptors (Lipinski definition) is 4. The molecule has 2 rings (SSSR count). The lowest BCUT2D eigenvalue weighted by molar-refractivity contribution is 0.0478. The van der Waals surface area contributed by atoms with Gasteiger partial charge in [0, 0.05) is 44.3 Å². The van der Waals surface area contributed by atoms with Crippen LogP contribution in [0.15, 0.2) is 24.5 Å². The van der Waals surface area contributed by atoms with Gasteiger partial charge in [-0.1, -0.05) is 0 Å². The second kappa shape index (κ2) is 8.33. The highest BCUT2D eigenvalue weighted by molar-refractivity contribution is 5.74. The Morgan fingerprint density at radius 2 is 2.00 bits per heavy atom. The lowest BCUT2D eigenvalue weighted by atomic mass is 9.96. The van der Waals surface area contributed by atoms with Gasteiger partial charge in [-0.05, 0) is 51.7 Å². The summed E-state index contributed by atoms with van der Waals surface area (Å²) in [6.07, 6.45) is 5.79. The molecule has 1 aliphatic heterocycles. The minimum Gasteiger partial charge on any atom is -0.389 e. The first kappa shape index (κ1) is 18.5. The van der Waals surface area contributed by atoms with E-state index in [1.54, 1.807) is 18.7 Å². The zero-order valence-electron chi connectivity index (χ0n) is 15.0. The number of anilines is 1. The van der Waals surface area contributed by atoms with Crippen LogP contribution in [0, 0.1) is 5.92 Å². The molecular weight excluding hydrogens is 304 g/mol. The van der Waals surface area contributed by atoms with E-state index < -0.39 is 5.60 Å². The summed E-state index contributed by atoms with van der Waals surface area (Å²) in [6, 6.07) is 3.99. The fourth-order valence-electron chi connectivity index (χ4n) is 3.09. The fraction of sp³-hybridized carbons (Fsp3) is 0.667. The second-order valence-corrected chi connectivity index (χ2v) is 7.15. The Labute approximate surface area is 144 Å². The topological polar surface area (TPSA) is 68.7 Å². The first-order valence-corrected chi connectivity index (χ1v) is 8.79. The molecule has 0 aromatic carbocycles. The molecule has 2 amide bonds. The number of hydrogen-bond donors (Lipinski definition) is 2. The van der Waals surface area contributed by atoms with Gasteiger partial charge in [0.1, 0.15) is 0 Å². The molecule has 1 fully saturated rings. The summed E-state index contributed by atoms with van der Waals surface area (Å²) in [7, 11) is 0. The summed E-state index contributed by atoms with van der Waals surface area (Å²) in [5, 5.41) is 12.9. The summed E-state index contributed by atoms with van der Waals surface area (Å²) < 4.78 is 0. The first-order valence-electron chi connectivity index (χ1n) is 8.79. The Morgan fingerprint density at radius 3 is 2.54 bits per heavy atom. The van der Waals surface area contributed by atoms with Gasteiger partial charge in [-0.25, -0.2) is 4.79 Å². The van der Waals surface area contributed by atoms with Crippen LogP contribution < -0.4 is 10.2 Å². The number of aromatic nitrogens is 1. The van der Waals surface area contributed by atoms with Crippen LogP contribution in [-0.2, 0) is 0 Å². The van der Waals surface area contributed by atoms with Crippen LogP contribution in [0.1, 0.15) is 33.6 Å². The number of nitrogens with one attached hydrogen (secondary N) is 1. The van der Waals surface area contributed by atoms with Crippen molar-refractivity contribution in [3.63, 3.8) is 0 Å². The number of carbonyl (C=O) groups is 1. The molecule has 1 aromatic heterocycles. The van der Waals surface area contributed by atoms with Crippen LogP contribution in [0.25, 0.3) is 0 Å². The van der Waals surface area contributed by atoms with Gasteiger partial charge in [-0.15, -0.1) is 0 Å². The van der Waals surface area contributed by atoms with E-state index in [4.69, 9.17) is 0 Å². The smallest absolute Gasteiger partial charge is 0.317 e. The van der Waals surface area contributed by atoms with Gasteiger partial charge in [0.2, 0.25) is 0 Å². The molecule has 0 unspecified atom stereocenters. The molecule has 1 saturated heterocycles. The molecule has 2 heterocycles. The van der Waals surface area contributed by atoms with Gasteiger partial charge < -0.3 is 20.2 Å². The largest absolute Gasteiger partial charge is 0.389 e. The van der Waals surface area contributed by atoms with E-state index in [9.17, 15) is 9.90 Å². The number of pyridine rings is 1. The van der Waals surface area contributed by atoms with E-state index in [1.165, 1.54) is 5.69 Å². The van der Waals surface area contributed by atoms with Crippen molar-refractivity contribution in [3.05, 3.63) is 24.5 Å². The molecule has 6 nitrogen and oxygen atoms in total. The first-order chi connectivity index (χ1) is 11.4. The van der Waals surface area contributed by atoms with Crippen molar-refractivity contribution in [1.82, 2.24) is 15.2 Å². The summed E-state index contributed by atoms with van der Waals surface area (Å²) in [6.45, 7) is 9.02. The van der Waals surface area contributed by atoms with Crippen molar-refractivity contribution < 1.29 is 9.90 Å². The zero-order valence-corrected chi connectivity index (χ0v) is 15.0. The van der Waals surface area contributed by atoms with Crippen molar-refractivity contribution in [2.75, 3.05) is 37.6 Å². The maximum absolute atomic E-state index is 12.3. The Morgan fingerprint density at radius 1 is 1.38 bits per heavy atom. The van der Waals surface area contributed by atoms with Gasteiger partial charge in [0.25, 0.3) is 0 Å². The average molecular weight is 334 g/mol. The van der Waals surface area contributed by atoms with Gasteiger partial charge >= 0.3 is 6.03 Å². The molecule has 0 saturated carbocycles. The van der Waals surface area contributed by atoms with Crippen LogP contribution in [0.3, 0.4) is 0 Å². The van der Waals surface area contributed by atoms with Gasteiger partial charge in [0.05, 0.1) is 12.1 Å². The number of likely N-dealkylation sites (N-methyl/N-ethyl adjacent to an activating group) is 1. The van der Waals surface area contributed by atoms with E-state index in [0.29, 0.717) is 25.6 Å². The van der Waals surface area contributed by atoms with E-state index >= 15 is 0 Å². The SMILES string of the molecule is CCN(CC(C)(C)O)C(=O)NCC1CCN(c2ccncc2)CC1. The summed E-state index contributed by atoms with van der Waals surface area (Å²) in [5.41, 5.74) is 0.346. The third kappa shape index (κ3) is 5.67. The molecule has 0 spiro atoms. The Bertz CT molecular complexity index is 508. The number of nitrogens with zero attached hydrogens (tertiary/aromatic N) is 3. The van der Waals surface area contributed by atoms with Crippen LogP contribution >= 0.6 is 0 Å². The number of amides is 2. The van der Waals surface area contributed by atoms with E-state index in [-0.39, 0.29) is 6.03 Å². The summed E-state index contributed by atoms with van der Waals surface area (Å²) >= 11 is 0. The fourth-order valence-corrected chi connectivity index (χ4v) is 3.09. The standard InChI is InChI=1S/C18H30N4O2/c1-4-21(14-18(2,3)24)17(23)20-13-15-7-11-22(12-8-15)16-5-9-19-10-6-16/h5-6,9-10,15,24H,4,7-8,11-14H2,1-3H3,(H,20,23). The highest BCUT2D eigenvalue weighted by Crippen LogP contribution is 2.22. The van der Waals surface area contributed by atoms with Crippen molar-refractivity contribution in [2.24, 2.45) is 5.92 Å². The quantitative estimate of drug-likeness (QED) is 0.836. The van der Waals surface area contributed by atoms with Crippen LogP contribution in [0.2, 0.25) is 0 Å². The maximum Gasteiger partial charge on any atom is 0.317 e. The molecule has 6 heteroatoms. The van der Waals surface area contributed by atoms with Crippen LogP contribution in [0.5, 0.6) is 0 Å². The average Bonchev–Trinajstić information content (AvgIpc) is 2.58. The molecule has 0 atom stereocenters. The molecule has 24 heavy (non-hydrogen) atoms. The highest BCUT2D eigenvalue weighted by Gasteiger charge is 2.23. The zero-order chi connectivity index (χ0) is 17.6. The van der Waals surface area contributed by atoms with Crippen LogP contribution in [0.4, 0.5) is 10.5 Å². The third-order valence-corrected chi connectivity index (χ3v) is 4.43. The molecule has 0 bridgehead atoms. The minimum atomic E-state index is -0.872. The van der Waals surface area contributed by atoms with Crippen molar-refractivity contribution in [1.29, 1.82) is 0 Å². The number of piperidine rings is 1. The van der Waals surface area contributed by atoms with E-state index in [2.05, 4.69) is 15.2 Å². The summed E-state index contributed by atoms with van der Waals surface area (Å²) in [5.74, 6) is 0.507. The van der Waals surface area contributed by atoms with Crippen molar-refractivity contribution in [3.8, 4) is 0 Å². The number of carbonyl (C=O) groups excluding carboxylic acids is 1. The molecule has 1 aliphatic rings. The Balaban J connectivity index is 1.75. The summed E-state index contributed by atoms with van der Waals surface area (Å²) in [4.78, 5) is 20.4. The van der Waals surface area contributed by atoms with Gasteiger partial charge in [0.15, 0.2) is 0 Å². The van der Waals surface area contributed by atoms with Crippen molar-refractivity contribution >= 4 is 11.7 Å². The molecule has 2 N–H and O–H groups in total. The third-order valence-electron chi connectivity index (χ3n) is 4.43. The molecule has 1 aromatic rings. The van der Waals surface area contributed by atoms with E-state index in [0.717, 1.165) is 25.9 Å². The van der Waals surface area contributed by atoms with Crippen LogP contribution in [-0.4, -0.2) is 59.3 Å². The number of rotatable bonds is 6. The lowest BCUT2D eigenvalue weighted by Crippen LogP contribution is -2.48.